The van der Waals surface area contributed by atoms with Crippen LogP contribution in [0.15, 0.2) is 66.7 Å². The molecule has 0 saturated heterocycles. The average molecular weight is 503 g/mol. The summed E-state index contributed by atoms with van der Waals surface area (Å²) in [6, 6.07) is 19.0. The molecule has 0 spiro atoms. The number of halogens is 1. The number of methoxy groups -OCH3 is 2. The first-order chi connectivity index (χ1) is 16.1. The van der Waals surface area contributed by atoms with Crippen LogP contribution in [-0.2, 0) is 23.1 Å². The van der Waals surface area contributed by atoms with Crippen molar-refractivity contribution in [1.29, 1.82) is 0 Å². The van der Waals surface area contributed by atoms with E-state index in [0.717, 1.165) is 11.8 Å². The van der Waals surface area contributed by atoms with Gasteiger partial charge >= 0.3 is 0 Å². The second-order valence-corrected chi connectivity index (χ2v) is 10.1. The quantitative estimate of drug-likeness (QED) is 0.427. The third-order valence-corrected chi connectivity index (χ3v) is 6.80. The minimum Gasteiger partial charge on any atom is -0.493 e. The molecule has 0 heterocycles. The minimum atomic E-state index is -3.58. The Balaban J connectivity index is 1.77. The van der Waals surface area contributed by atoms with Crippen molar-refractivity contribution < 1.29 is 22.7 Å². The largest absolute Gasteiger partial charge is 0.493 e. The fraction of sp³-hybridized carbons (Fsp3) is 0.240. The van der Waals surface area contributed by atoms with Crippen LogP contribution in [0, 0.1) is 0 Å². The number of ether oxygens (including phenoxy) is 2. The van der Waals surface area contributed by atoms with Crippen LogP contribution in [0.4, 0.5) is 5.69 Å². The summed E-state index contributed by atoms with van der Waals surface area (Å²) >= 11 is 6.22. The Hall–Kier alpha value is -3.23. The highest BCUT2D eigenvalue weighted by Crippen LogP contribution is 2.28. The van der Waals surface area contributed by atoms with E-state index in [1.54, 1.807) is 80.8 Å². The number of sulfonamides is 1. The van der Waals surface area contributed by atoms with Crippen LogP contribution in [0.1, 0.15) is 21.5 Å². The van der Waals surface area contributed by atoms with Crippen molar-refractivity contribution >= 4 is 33.2 Å². The Labute approximate surface area is 205 Å². The number of anilines is 1. The van der Waals surface area contributed by atoms with Gasteiger partial charge in [-0.3, -0.25) is 9.10 Å². The molecule has 9 heteroatoms. The van der Waals surface area contributed by atoms with Gasteiger partial charge in [0.15, 0.2) is 11.5 Å². The Kier molecular flexibility index (Phi) is 8.06. The Morgan fingerprint density at radius 2 is 1.56 bits per heavy atom. The number of amides is 1. The Bertz CT molecular complexity index is 1260. The SMILES string of the molecule is COc1ccc(CN(C)C(=O)c2ccc(N(Cc3ccccc3Cl)S(C)(=O)=O)cc2)cc1OC. The molecule has 0 atom stereocenters. The lowest BCUT2D eigenvalue weighted by Gasteiger charge is -2.24. The van der Waals surface area contributed by atoms with Crippen LogP contribution in [0.25, 0.3) is 0 Å². The minimum absolute atomic E-state index is 0.0883. The lowest BCUT2D eigenvalue weighted by atomic mass is 10.1. The molecule has 1 amide bonds. The predicted octanol–water partition coefficient (Wildman–Crippen LogP) is 4.60. The first-order valence-corrected chi connectivity index (χ1v) is 12.6. The third kappa shape index (κ3) is 6.01. The summed E-state index contributed by atoms with van der Waals surface area (Å²) in [5.74, 6) is 1.01. The number of nitrogens with zero attached hydrogens (tertiary/aromatic N) is 2. The van der Waals surface area contributed by atoms with Crippen LogP contribution in [0.2, 0.25) is 5.02 Å². The summed E-state index contributed by atoms with van der Waals surface area (Å²) in [4.78, 5) is 14.5. The van der Waals surface area contributed by atoms with Crippen LogP contribution in [0.3, 0.4) is 0 Å². The molecule has 0 bridgehead atoms. The molecule has 0 aliphatic rings. The lowest BCUT2D eigenvalue weighted by Crippen LogP contribution is -2.30. The van der Waals surface area contributed by atoms with E-state index >= 15 is 0 Å². The van der Waals surface area contributed by atoms with Crippen molar-refractivity contribution in [3.63, 3.8) is 0 Å². The number of rotatable bonds is 9. The molecule has 34 heavy (non-hydrogen) atoms. The van der Waals surface area contributed by atoms with Gasteiger partial charge in [0.25, 0.3) is 5.91 Å². The van der Waals surface area contributed by atoms with Crippen molar-refractivity contribution in [2.45, 2.75) is 13.1 Å². The van der Waals surface area contributed by atoms with E-state index in [-0.39, 0.29) is 12.5 Å². The highest BCUT2D eigenvalue weighted by atomic mass is 35.5. The zero-order valence-corrected chi connectivity index (χ0v) is 21.1. The Morgan fingerprint density at radius 3 is 2.15 bits per heavy atom. The molecule has 7 nitrogen and oxygen atoms in total. The van der Waals surface area contributed by atoms with Crippen molar-refractivity contribution in [1.82, 2.24) is 4.90 Å². The van der Waals surface area contributed by atoms with Gasteiger partial charge in [0.1, 0.15) is 0 Å². The molecule has 0 fully saturated rings. The first kappa shape index (κ1) is 25.4. The van der Waals surface area contributed by atoms with Crippen molar-refractivity contribution in [2.24, 2.45) is 0 Å². The van der Waals surface area contributed by atoms with E-state index in [2.05, 4.69) is 0 Å². The molecule has 0 saturated carbocycles. The molecule has 0 aliphatic heterocycles. The van der Waals surface area contributed by atoms with Gasteiger partial charge in [-0.15, -0.1) is 0 Å². The molecular formula is C25H27ClN2O5S. The third-order valence-electron chi connectivity index (χ3n) is 5.29. The van der Waals surface area contributed by atoms with Gasteiger partial charge in [-0.05, 0) is 53.6 Å². The predicted molar refractivity (Wildman–Crippen MR) is 134 cm³/mol. The molecule has 0 unspecified atom stereocenters. The van der Waals surface area contributed by atoms with Gasteiger partial charge in [0.05, 0.1) is 32.7 Å². The number of hydrogen-bond acceptors (Lipinski definition) is 5. The van der Waals surface area contributed by atoms with E-state index in [9.17, 15) is 13.2 Å². The monoisotopic (exact) mass is 502 g/mol. The van der Waals surface area contributed by atoms with Gasteiger partial charge in [-0.2, -0.15) is 0 Å². The van der Waals surface area contributed by atoms with E-state index in [1.807, 2.05) is 12.1 Å². The molecule has 180 valence electrons. The summed E-state index contributed by atoms with van der Waals surface area (Å²) < 4.78 is 36.8. The topological polar surface area (TPSA) is 76.2 Å². The maximum Gasteiger partial charge on any atom is 0.253 e. The van der Waals surface area contributed by atoms with Crippen molar-refractivity contribution in [2.75, 3.05) is 31.8 Å². The number of benzene rings is 3. The summed E-state index contributed by atoms with van der Waals surface area (Å²) in [6.45, 7) is 0.452. The summed E-state index contributed by atoms with van der Waals surface area (Å²) in [5, 5.41) is 0.486. The molecule has 0 N–H and O–H groups in total. The first-order valence-electron chi connectivity index (χ1n) is 10.4. The molecule has 0 aliphatic carbocycles. The average Bonchev–Trinajstić information content (AvgIpc) is 2.82. The fourth-order valence-electron chi connectivity index (χ4n) is 3.50. The molecular weight excluding hydrogens is 476 g/mol. The number of carbonyl (C=O) groups is 1. The van der Waals surface area contributed by atoms with Gasteiger partial charge in [-0.1, -0.05) is 35.9 Å². The zero-order chi connectivity index (χ0) is 24.9. The van der Waals surface area contributed by atoms with Gasteiger partial charge in [0.2, 0.25) is 10.0 Å². The molecule has 0 radical (unpaired) electrons. The standard InChI is InChI=1S/C25H27ClN2O5S/c1-27(16-18-9-14-23(32-2)24(15-18)33-3)25(29)19-10-12-21(13-11-19)28(34(4,30)31)17-20-7-5-6-8-22(20)26/h5-15H,16-17H2,1-4H3. The molecule has 3 aromatic carbocycles. The maximum absolute atomic E-state index is 13.0. The fourth-order valence-corrected chi connectivity index (χ4v) is 4.57. The second-order valence-electron chi connectivity index (χ2n) is 7.76. The summed E-state index contributed by atoms with van der Waals surface area (Å²) in [6.07, 6.45) is 1.14. The maximum atomic E-state index is 13.0. The van der Waals surface area contributed by atoms with Crippen LogP contribution >= 0.6 is 11.6 Å². The summed E-state index contributed by atoms with van der Waals surface area (Å²) in [7, 11) is 1.25. The van der Waals surface area contributed by atoms with Crippen molar-refractivity contribution in [3.05, 3.63) is 88.4 Å². The second kappa shape index (κ2) is 10.8. The van der Waals surface area contributed by atoms with E-state index in [4.69, 9.17) is 21.1 Å². The summed E-state index contributed by atoms with van der Waals surface area (Å²) in [5.41, 5.74) is 2.46. The van der Waals surface area contributed by atoms with Crippen molar-refractivity contribution in [3.8, 4) is 11.5 Å². The zero-order valence-electron chi connectivity index (χ0n) is 19.5. The highest BCUT2D eigenvalue weighted by molar-refractivity contribution is 7.92. The van der Waals surface area contributed by atoms with Gasteiger partial charge < -0.3 is 14.4 Å². The van der Waals surface area contributed by atoms with Crippen LogP contribution in [0.5, 0.6) is 11.5 Å². The smallest absolute Gasteiger partial charge is 0.253 e. The molecule has 3 aromatic rings. The van der Waals surface area contributed by atoms with Gasteiger partial charge in [-0.25, -0.2) is 8.42 Å². The van der Waals surface area contributed by atoms with Crippen LogP contribution < -0.4 is 13.8 Å². The lowest BCUT2D eigenvalue weighted by molar-refractivity contribution is 0.0785. The molecule has 0 aromatic heterocycles. The van der Waals surface area contributed by atoms with E-state index < -0.39 is 10.0 Å². The normalized spacial score (nSPS) is 11.1. The van der Waals surface area contributed by atoms with E-state index in [1.165, 1.54) is 4.31 Å². The van der Waals surface area contributed by atoms with E-state index in [0.29, 0.717) is 39.9 Å². The Morgan fingerprint density at radius 1 is 0.912 bits per heavy atom. The number of carbonyl (C=O) groups excluding carboxylic acids is 1. The molecule has 3 rings (SSSR count). The van der Waals surface area contributed by atoms with Crippen LogP contribution in [-0.4, -0.2) is 46.7 Å². The highest BCUT2D eigenvalue weighted by Gasteiger charge is 2.20. The van der Waals surface area contributed by atoms with Gasteiger partial charge in [0, 0.05) is 24.2 Å². The number of hydrogen-bond donors (Lipinski definition) is 0.